The van der Waals surface area contributed by atoms with Crippen LogP contribution in [0, 0.1) is 0 Å². The largest absolute Gasteiger partial charge is 0.132 e. The Balaban J connectivity index is 1.80. The fourth-order valence-electron chi connectivity index (χ4n) is 4.42. The van der Waals surface area contributed by atoms with Gasteiger partial charge in [0, 0.05) is 0 Å². The lowest BCUT2D eigenvalue weighted by Gasteiger charge is -2.33. The Morgan fingerprint density at radius 1 is 0.308 bits per heavy atom. The summed E-state index contributed by atoms with van der Waals surface area (Å²) in [5, 5.41) is 9.53. The van der Waals surface area contributed by atoms with Gasteiger partial charge in [-0.3, -0.25) is 0 Å². The third kappa shape index (κ3) is 2.50. The van der Waals surface area contributed by atoms with Crippen molar-refractivity contribution in [2.75, 3.05) is 0 Å². The molecule has 0 fully saturated rings. The average molecular weight is 365 g/mol. The van der Waals surface area contributed by atoms with Crippen molar-refractivity contribution < 1.29 is 0 Å². The molecule has 0 aliphatic carbocycles. The zero-order valence-electron chi connectivity index (χ0n) is 14.5. The molecule has 0 N–H and O–H groups in total. The summed E-state index contributed by atoms with van der Waals surface area (Å²) >= 11 is 0. The SMILES string of the molecule is c1ccc([SiH]2c3ccccc3[SiH](c3ccccc3)c3ccccc32)cc1. The van der Waals surface area contributed by atoms with Crippen LogP contribution in [0.1, 0.15) is 0 Å². The Kier molecular flexibility index (Phi) is 3.92. The Labute approximate surface area is 158 Å². The first kappa shape index (κ1) is 15.6. The van der Waals surface area contributed by atoms with Gasteiger partial charge in [-0.2, -0.15) is 0 Å². The zero-order chi connectivity index (χ0) is 17.3. The maximum Gasteiger partial charge on any atom is 0.132 e. The van der Waals surface area contributed by atoms with Gasteiger partial charge in [0.25, 0.3) is 0 Å². The molecule has 1 aliphatic heterocycles. The molecule has 26 heavy (non-hydrogen) atoms. The van der Waals surface area contributed by atoms with E-state index in [1.54, 1.807) is 20.7 Å². The highest BCUT2D eigenvalue weighted by Crippen LogP contribution is 2.02. The third-order valence-electron chi connectivity index (χ3n) is 5.50. The molecule has 0 bridgehead atoms. The van der Waals surface area contributed by atoms with Crippen LogP contribution in [0.2, 0.25) is 0 Å². The second-order valence-electron chi connectivity index (χ2n) is 6.95. The summed E-state index contributed by atoms with van der Waals surface area (Å²) in [5.41, 5.74) is 0. The molecule has 0 spiro atoms. The molecule has 0 saturated heterocycles. The van der Waals surface area contributed by atoms with Crippen molar-refractivity contribution in [3.63, 3.8) is 0 Å². The first-order valence-electron chi connectivity index (χ1n) is 9.21. The van der Waals surface area contributed by atoms with Gasteiger partial charge in [-0.25, -0.2) is 0 Å². The van der Waals surface area contributed by atoms with E-state index in [2.05, 4.69) is 109 Å². The molecule has 2 heteroatoms. The van der Waals surface area contributed by atoms with Crippen LogP contribution in [0.5, 0.6) is 0 Å². The zero-order valence-corrected chi connectivity index (χ0v) is 16.9. The molecule has 0 saturated carbocycles. The summed E-state index contributed by atoms with van der Waals surface area (Å²) in [6.45, 7) is 0. The second kappa shape index (κ2) is 6.56. The molecule has 5 rings (SSSR count). The van der Waals surface area contributed by atoms with E-state index in [0.29, 0.717) is 0 Å². The molecule has 0 atom stereocenters. The number of hydrogen-bond donors (Lipinski definition) is 0. The smallest absolute Gasteiger partial charge is 0.0626 e. The predicted molar refractivity (Wildman–Crippen MR) is 118 cm³/mol. The van der Waals surface area contributed by atoms with Crippen molar-refractivity contribution in [2.45, 2.75) is 0 Å². The lowest BCUT2D eigenvalue weighted by Crippen LogP contribution is -2.74. The number of benzene rings is 4. The molecule has 0 aromatic heterocycles. The van der Waals surface area contributed by atoms with E-state index in [-0.39, 0.29) is 0 Å². The maximum atomic E-state index is 2.40. The van der Waals surface area contributed by atoms with E-state index < -0.39 is 17.6 Å². The topological polar surface area (TPSA) is 0 Å². The van der Waals surface area contributed by atoms with Gasteiger partial charge < -0.3 is 0 Å². The van der Waals surface area contributed by atoms with Crippen molar-refractivity contribution in [1.29, 1.82) is 0 Å². The molecule has 0 radical (unpaired) electrons. The van der Waals surface area contributed by atoms with E-state index in [0.717, 1.165) is 0 Å². The Bertz CT molecular complexity index is 909. The summed E-state index contributed by atoms with van der Waals surface area (Å²) < 4.78 is 0. The van der Waals surface area contributed by atoms with E-state index in [1.807, 2.05) is 0 Å². The highest BCUT2D eigenvalue weighted by Gasteiger charge is 2.35. The monoisotopic (exact) mass is 364 g/mol. The van der Waals surface area contributed by atoms with Crippen molar-refractivity contribution >= 4 is 48.7 Å². The minimum Gasteiger partial charge on any atom is -0.0626 e. The van der Waals surface area contributed by atoms with E-state index in [4.69, 9.17) is 0 Å². The standard InChI is InChI=1S/C24H20Si2/c1-3-11-19(12-4-1)25-21-15-7-9-17-23(21)26(20-13-5-2-6-14-20)24-18-10-8-16-22(24)25/h1-18,25-26H. The highest BCUT2D eigenvalue weighted by atomic mass is 28.3. The minimum atomic E-state index is -1.41. The molecule has 0 nitrogen and oxygen atoms in total. The first-order chi connectivity index (χ1) is 12.9. The van der Waals surface area contributed by atoms with Gasteiger partial charge in [-0.15, -0.1) is 0 Å². The van der Waals surface area contributed by atoms with Crippen LogP contribution in [0.15, 0.2) is 109 Å². The van der Waals surface area contributed by atoms with Crippen molar-refractivity contribution in [2.24, 2.45) is 0 Å². The number of hydrogen-bond acceptors (Lipinski definition) is 0. The van der Waals surface area contributed by atoms with Crippen molar-refractivity contribution in [3.8, 4) is 0 Å². The maximum absolute atomic E-state index is 2.40. The fraction of sp³-hybridized carbons (Fsp3) is 0. The van der Waals surface area contributed by atoms with E-state index in [9.17, 15) is 0 Å². The Morgan fingerprint density at radius 2 is 0.577 bits per heavy atom. The summed E-state index contributed by atoms with van der Waals surface area (Å²) in [6.07, 6.45) is 0. The number of rotatable bonds is 2. The first-order valence-corrected chi connectivity index (χ1v) is 12.7. The summed E-state index contributed by atoms with van der Waals surface area (Å²) in [4.78, 5) is 0. The van der Waals surface area contributed by atoms with Gasteiger partial charge in [0.05, 0.1) is 0 Å². The van der Waals surface area contributed by atoms with Crippen molar-refractivity contribution in [1.82, 2.24) is 0 Å². The summed E-state index contributed by atoms with van der Waals surface area (Å²) in [5.74, 6) is 0. The molecule has 0 amide bonds. The summed E-state index contributed by atoms with van der Waals surface area (Å²) in [7, 11) is -2.81. The molecular weight excluding hydrogens is 344 g/mol. The van der Waals surface area contributed by atoms with Gasteiger partial charge in [0.2, 0.25) is 0 Å². The summed E-state index contributed by atoms with van der Waals surface area (Å²) in [6, 6.07) is 40.8. The lowest BCUT2D eigenvalue weighted by molar-refractivity contribution is 1.71. The van der Waals surface area contributed by atoms with Gasteiger partial charge in [0.15, 0.2) is 0 Å². The molecule has 1 heterocycles. The molecule has 4 aromatic rings. The van der Waals surface area contributed by atoms with Crippen LogP contribution < -0.4 is 31.1 Å². The lowest BCUT2D eigenvalue weighted by atomic mass is 10.3. The average Bonchev–Trinajstić information content (AvgIpc) is 2.73. The van der Waals surface area contributed by atoms with Gasteiger partial charge in [0.1, 0.15) is 17.6 Å². The highest BCUT2D eigenvalue weighted by molar-refractivity contribution is 7.11. The molecule has 1 aliphatic rings. The van der Waals surface area contributed by atoms with Gasteiger partial charge in [-0.1, -0.05) is 140 Å². The minimum absolute atomic E-state index is 1.41. The fourth-order valence-corrected chi connectivity index (χ4v) is 12.7. The van der Waals surface area contributed by atoms with Crippen LogP contribution in [0.3, 0.4) is 0 Å². The van der Waals surface area contributed by atoms with Gasteiger partial charge >= 0.3 is 0 Å². The van der Waals surface area contributed by atoms with Crippen LogP contribution in [-0.4, -0.2) is 17.6 Å². The van der Waals surface area contributed by atoms with Crippen LogP contribution >= 0.6 is 0 Å². The molecule has 4 aromatic carbocycles. The van der Waals surface area contributed by atoms with Crippen LogP contribution in [0.4, 0.5) is 0 Å². The second-order valence-corrected chi connectivity index (χ2v) is 12.5. The molecule has 0 unspecified atom stereocenters. The Hall–Kier alpha value is -2.69. The number of fused-ring (bicyclic) bond motifs is 2. The van der Waals surface area contributed by atoms with Crippen molar-refractivity contribution in [3.05, 3.63) is 109 Å². The Morgan fingerprint density at radius 3 is 0.885 bits per heavy atom. The predicted octanol–water partition coefficient (Wildman–Crippen LogP) is 0.497. The van der Waals surface area contributed by atoms with Gasteiger partial charge in [-0.05, 0) is 0 Å². The normalized spacial score (nSPS) is 18.0. The quantitative estimate of drug-likeness (QED) is 0.400. The molecular formula is C24H20Si2. The van der Waals surface area contributed by atoms with E-state index >= 15 is 0 Å². The van der Waals surface area contributed by atoms with E-state index in [1.165, 1.54) is 10.4 Å². The third-order valence-corrected chi connectivity index (χ3v) is 12.9. The van der Waals surface area contributed by atoms with Crippen LogP contribution in [0.25, 0.3) is 0 Å². The molecule has 124 valence electrons. The van der Waals surface area contributed by atoms with Crippen LogP contribution in [-0.2, 0) is 0 Å².